The number of rotatable bonds is 11. The fraction of sp³-hybridized carbons (Fsp3) is 0.583. The molecule has 0 radical (unpaired) electrons. The first-order chi connectivity index (χ1) is 22.9. The van der Waals surface area contributed by atoms with Gasteiger partial charge in [-0.25, -0.2) is 4.79 Å². The molecule has 0 aromatic heterocycles. The largest absolute Gasteiger partial charge is 0.497 e. The topological polar surface area (TPSA) is 133 Å². The van der Waals surface area contributed by atoms with E-state index in [1.54, 1.807) is 73.3 Å². The molecule has 2 aromatic rings. The number of likely N-dealkylation sites (N-methyl/N-ethyl adjacent to an activating group) is 1. The molecule has 0 aliphatic carbocycles. The van der Waals surface area contributed by atoms with Crippen LogP contribution in [0.5, 0.6) is 11.5 Å². The van der Waals surface area contributed by atoms with Crippen molar-refractivity contribution in [1.82, 2.24) is 14.7 Å². The van der Waals surface area contributed by atoms with Gasteiger partial charge in [0, 0.05) is 50.5 Å². The van der Waals surface area contributed by atoms with E-state index in [-0.39, 0.29) is 48.7 Å². The Morgan fingerprint density at radius 3 is 2.42 bits per heavy atom. The predicted octanol–water partition coefficient (Wildman–Crippen LogP) is 4.93. The highest BCUT2D eigenvalue weighted by atomic mass is 16.5. The Bertz CT molecular complexity index is 1320. The van der Waals surface area contributed by atoms with Gasteiger partial charge in [0.1, 0.15) is 11.5 Å². The highest BCUT2D eigenvalue weighted by molar-refractivity contribution is 6.02. The summed E-state index contributed by atoms with van der Waals surface area (Å²) in [7, 11) is 7.35. The number of aliphatic hydroxyl groups is 1. The van der Waals surface area contributed by atoms with Gasteiger partial charge < -0.3 is 44.7 Å². The molecule has 1 aliphatic rings. The molecule has 4 amide bonds. The van der Waals surface area contributed by atoms with Crippen molar-refractivity contribution in [1.29, 1.82) is 0 Å². The Balaban J connectivity index is 1.86. The van der Waals surface area contributed by atoms with Crippen LogP contribution in [0.3, 0.4) is 0 Å². The lowest BCUT2D eigenvalue weighted by Crippen LogP contribution is -2.48. The molecule has 0 saturated heterocycles. The molecular weight excluding hydrogens is 614 g/mol. The van der Waals surface area contributed by atoms with Crippen LogP contribution in [0.15, 0.2) is 42.5 Å². The number of anilines is 2. The molecule has 3 rings (SSSR count). The molecule has 48 heavy (non-hydrogen) atoms. The lowest BCUT2D eigenvalue weighted by Gasteiger charge is -2.36. The van der Waals surface area contributed by atoms with Crippen molar-refractivity contribution < 1.29 is 33.7 Å². The summed E-state index contributed by atoms with van der Waals surface area (Å²) < 4.78 is 17.8. The van der Waals surface area contributed by atoms with Crippen LogP contribution in [0.1, 0.15) is 63.2 Å². The van der Waals surface area contributed by atoms with Gasteiger partial charge in [-0.2, -0.15) is 0 Å². The summed E-state index contributed by atoms with van der Waals surface area (Å²) in [6.45, 7) is 7.54. The second-order valence-electron chi connectivity index (χ2n) is 13.0. The number of fused-ring (bicyclic) bond motifs is 1. The molecule has 2 aromatic carbocycles. The molecule has 0 spiro atoms. The first-order valence-electron chi connectivity index (χ1n) is 16.9. The first-order valence-corrected chi connectivity index (χ1v) is 16.9. The summed E-state index contributed by atoms with van der Waals surface area (Å²) in [5.41, 5.74) is 1.26. The number of nitrogens with one attached hydrogen (secondary N) is 2. The third-order valence-corrected chi connectivity index (χ3v) is 8.53. The Labute approximate surface area is 285 Å². The maximum atomic E-state index is 14.3. The number of hydrogen-bond donors (Lipinski definition) is 3. The Hall–Kier alpha value is -3.87. The van der Waals surface area contributed by atoms with Crippen LogP contribution in [0.2, 0.25) is 0 Å². The van der Waals surface area contributed by atoms with Gasteiger partial charge in [-0.05, 0) is 103 Å². The van der Waals surface area contributed by atoms with Crippen LogP contribution in [-0.4, -0.2) is 117 Å². The van der Waals surface area contributed by atoms with Gasteiger partial charge >= 0.3 is 6.03 Å². The standard InChI is InChI=1S/C36H55N5O7/c1-25-22-41(26(2)24-42)35(44)31-21-29(38-36(45)37-28-13-16-30(46-7)17-14-28)15-18-32(31)48-27(3)11-8-9-20-47-33(25)23-40(6)34(43)12-10-19-39(4)5/h13-18,21,25-27,33,42H,8-12,19-20,22-24H2,1-7H3,(H2,37,38,45)/t25-,26+,27-,33-/m1/s1. The van der Waals surface area contributed by atoms with Gasteiger partial charge in [0.2, 0.25) is 5.91 Å². The van der Waals surface area contributed by atoms with Crippen molar-refractivity contribution >= 4 is 29.2 Å². The third kappa shape index (κ3) is 12.0. The zero-order chi connectivity index (χ0) is 35.2. The highest BCUT2D eigenvalue weighted by Gasteiger charge is 2.31. The number of hydrogen-bond acceptors (Lipinski definition) is 8. The molecule has 0 unspecified atom stereocenters. The smallest absolute Gasteiger partial charge is 0.323 e. The molecule has 12 nitrogen and oxygen atoms in total. The average molecular weight is 670 g/mol. The second-order valence-corrected chi connectivity index (χ2v) is 13.0. The highest BCUT2D eigenvalue weighted by Crippen LogP contribution is 2.29. The number of methoxy groups -OCH3 is 1. The zero-order valence-electron chi connectivity index (χ0n) is 29.7. The average Bonchev–Trinajstić information content (AvgIpc) is 3.06. The molecule has 0 bridgehead atoms. The van der Waals surface area contributed by atoms with E-state index in [1.165, 1.54) is 0 Å². The maximum Gasteiger partial charge on any atom is 0.323 e. The zero-order valence-corrected chi connectivity index (χ0v) is 29.7. The monoisotopic (exact) mass is 669 g/mol. The third-order valence-electron chi connectivity index (χ3n) is 8.53. The Kier molecular flexibility index (Phi) is 15.4. The summed E-state index contributed by atoms with van der Waals surface area (Å²) in [5, 5.41) is 15.8. The summed E-state index contributed by atoms with van der Waals surface area (Å²) in [6, 6.07) is 11.0. The first kappa shape index (κ1) is 38.6. The minimum Gasteiger partial charge on any atom is -0.497 e. The van der Waals surface area contributed by atoms with Crippen LogP contribution in [0.4, 0.5) is 16.2 Å². The van der Waals surface area contributed by atoms with E-state index in [4.69, 9.17) is 14.2 Å². The summed E-state index contributed by atoms with van der Waals surface area (Å²) >= 11 is 0. The minimum atomic E-state index is -0.515. The van der Waals surface area contributed by atoms with Gasteiger partial charge in [0.25, 0.3) is 5.91 Å². The van der Waals surface area contributed by atoms with Crippen LogP contribution in [-0.2, 0) is 9.53 Å². The minimum absolute atomic E-state index is 0.0553. The lowest BCUT2D eigenvalue weighted by atomic mass is 10.0. The van der Waals surface area contributed by atoms with Crippen molar-refractivity contribution in [2.75, 3.05) is 71.7 Å². The van der Waals surface area contributed by atoms with E-state index < -0.39 is 12.1 Å². The van der Waals surface area contributed by atoms with Gasteiger partial charge in [-0.15, -0.1) is 0 Å². The van der Waals surface area contributed by atoms with Gasteiger partial charge in [0.05, 0.1) is 37.5 Å². The van der Waals surface area contributed by atoms with E-state index in [2.05, 4.69) is 15.5 Å². The van der Waals surface area contributed by atoms with Gasteiger partial charge in [-0.1, -0.05) is 6.92 Å². The summed E-state index contributed by atoms with van der Waals surface area (Å²) in [5.74, 6) is 0.630. The molecule has 4 atom stereocenters. The Morgan fingerprint density at radius 1 is 1.06 bits per heavy atom. The van der Waals surface area contributed by atoms with Crippen LogP contribution in [0, 0.1) is 5.92 Å². The molecule has 0 fully saturated rings. The van der Waals surface area contributed by atoms with Crippen LogP contribution in [0.25, 0.3) is 0 Å². The number of nitrogens with zero attached hydrogens (tertiary/aromatic N) is 3. The number of ether oxygens (including phenoxy) is 3. The fourth-order valence-electron chi connectivity index (χ4n) is 5.54. The van der Waals surface area contributed by atoms with E-state index in [0.29, 0.717) is 42.4 Å². The number of benzene rings is 2. The normalized spacial score (nSPS) is 19.8. The quantitative estimate of drug-likeness (QED) is 0.307. The summed E-state index contributed by atoms with van der Waals surface area (Å²) in [6.07, 6.45) is 3.16. The molecular formula is C36H55N5O7. The van der Waals surface area contributed by atoms with E-state index in [0.717, 1.165) is 32.2 Å². The van der Waals surface area contributed by atoms with Crippen molar-refractivity contribution in [2.24, 2.45) is 5.92 Å². The number of aliphatic hydroxyl groups excluding tert-OH is 1. The SMILES string of the molecule is COc1ccc(NC(=O)Nc2ccc3c(c2)C(=O)N([C@@H](C)CO)C[C@@H](C)[C@@H](CN(C)C(=O)CCCN(C)C)OCCCC[C@@H](C)O3)cc1. The molecule has 1 aliphatic heterocycles. The molecule has 0 saturated carbocycles. The molecule has 266 valence electrons. The number of carbonyl (C=O) groups excluding carboxylic acids is 3. The van der Waals surface area contributed by atoms with E-state index >= 15 is 0 Å². The van der Waals surface area contributed by atoms with E-state index in [1.807, 2.05) is 27.9 Å². The molecule has 12 heteroatoms. The predicted molar refractivity (Wildman–Crippen MR) is 188 cm³/mol. The number of carbonyl (C=O) groups is 3. The fourth-order valence-corrected chi connectivity index (χ4v) is 5.54. The Morgan fingerprint density at radius 2 is 1.75 bits per heavy atom. The lowest BCUT2D eigenvalue weighted by molar-refractivity contribution is -0.132. The summed E-state index contributed by atoms with van der Waals surface area (Å²) in [4.78, 5) is 45.6. The van der Waals surface area contributed by atoms with Gasteiger partial charge in [-0.3, -0.25) is 9.59 Å². The second kappa shape index (κ2) is 19.2. The van der Waals surface area contributed by atoms with Crippen molar-refractivity contribution in [3.05, 3.63) is 48.0 Å². The molecule has 3 N–H and O–H groups in total. The van der Waals surface area contributed by atoms with Crippen molar-refractivity contribution in [3.8, 4) is 11.5 Å². The van der Waals surface area contributed by atoms with Crippen LogP contribution >= 0.6 is 0 Å². The van der Waals surface area contributed by atoms with Crippen molar-refractivity contribution in [3.63, 3.8) is 0 Å². The molecule has 1 heterocycles. The van der Waals surface area contributed by atoms with Crippen LogP contribution < -0.4 is 20.1 Å². The number of amides is 4. The van der Waals surface area contributed by atoms with Crippen molar-refractivity contribution in [2.45, 2.75) is 71.1 Å². The van der Waals surface area contributed by atoms with Gasteiger partial charge in [0.15, 0.2) is 0 Å². The number of urea groups is 1. The maximum absolute atomic E-state index is 14.3. The van der Waals surface area contributed by atoms with E-state index in [9.17, 15) is 19.5 Å².